The number of nitrogens with one attached hydrogen (secondary N) is 2. The molecule has 0 saturated carbocycles. The van der Waals surface area contributed by atoms with Crippen LogP contribution in [-0.4, -0.2) is 51.7 Å². The molecule has 23 heavy (non-hydrogen) atoms. The van der Waals surface area contributed by atoms with Crippen molar-refractivity contribution >= 4 is 17.3 Å². The molecule has 2 N–H and O–H groups in total. The highest BCUT2D eigenvalue weighted by Crippen LogP contribution is 2.22. The molecule has 1 aliphatic rings. The second-order valence-electron chi connectivity index (χ2n) is 5.82. The van der Waals surface area contributed by atoms with Crippen molar-refractivity contribution in [1.29, 1.82) is 0 Å². The summed E-state index contributed by atoms with van der Waals surface area (Å²) in [6.07, 6.45) is 8.43. The van der Waals surface area contributed by atoms with Crippen LogP contribution in [-0.2, 0) is 11.3 Å². The summed E-state index contributed by atoms with van der Waals surface area (Å²) in [7, 11) is 0. The third-order valence-corrected chi connectivity index (χ3v) is 4.24. The lowest BCUT2D eigenvalue weighted by Gasteiger charge is -2.35. The fourth-order valence-electron chi connectivity index (χ4n) is 3.07. The molecule has 0 spiro atoms. The fourth-order valence-corrected chi connectivity index (χ4v) is 3.07. The number of likely N-dealkylation sites (tertiary alicyclic amines) is 1. The van der Waals surface area contributed by atoms with Gasteiger partial charge in [-0.2, -0.15) is 0 Å². The number of hydrogen-bond acceptors (Lipinski definition) is 5. The second kappa shape index (κ2) is 7.41. The first-order chi connectivity index (χ1) is 11.3. The van der Waals surface area contributed by atoms with Crippen LogP contribution in [0.5, 0.6) is 0 Å². The van der Waals surface area contributed by atoms with E-state index in [4.69, 9.17) is 4.74 Å². The van der Waals surface area contributed by atoms with Crippen molar-refractivity contribution in [2.24, 2.45) is 0 Å². The summed E-state index contributed by atoms with van der Waals surface area (Å²) in [4.78, 5) is 25.7. The van der Waals surface area contributed by atoms with Crippen LogP contribution < -0.4 is 5.32 Å². The minimum absolute atomic E-state index is 0.257. The van der Waals surface area contributed by atoms with Gasteiger partial charge in [-0.15, -0.1) is 0 Å². The third kappa shape index (κ3) is 3.79. The van der Waals surface area contributed by atoms with Gasteiger partial charge < -0.3 is 15.0 Å². The molecule has 2 aromatic heterocycles. The summed E-state index contributed by atoms with van der Waals surface area (Å²) >= 11 is 0. The number of amides is 1. The van der Waals surface area contributed by atoms with E-state index in [1.54, 1.807) is 12.4 Å². The van der Waals surface area contributed by atoms with Crippen molar-refractivity contribution in [1.82, 2.24) is 25.2 Å². The van der Waals surface area contributed by atoms with Crippen molar-refractivity contribution in [3.63, 3.8) is 0 Å². The van der Waals surface area contributed by atoms with Crippen LogP contribution in [0, 0.1) is 0 Å². The van der Waals surface area contributed by atoms with Crippen LogP contribution in [0.25, 0.3) is 11.2 Å². The van der Waals surface area contributed by atoms with Crippen molar-refractivity contribution in [2.75, 3.05) is 19.7 Å². The maximum Gasteiger partial charge on any atom is 0.407 e. The number of hydrogen-bond donors (Lipinski definition) is 2. The predicted octanol–water partition coefficient (Wildman–Crippen LogP) is 2.06. The minimum Gasteiger partial charge on any atom is -0.448 e. The van der Waals surface area contributed by atoms with Crippen molar-refractivity contribution in [2.45, 2.75) is 38.8 Å². The number of ether oxygens (including phenoxy) is 1. The molecule has 1 amide bonds. The smallest absolute Gasteiger partial charge is 0.407 e. The van der Waals surface area contributed by atoms with Crippen LogP contribution in [0.15, 0.2) is 18.6 Å². The lowest BCUT2D eigenvalue weighted by atomic mass is 10.0. The highest BCUT2D eigenvalue weighted by Gasteiger charge is 2.24. The molecule has 7 nitrogen and oxygen atoms in total. The number of alkyl carbamates (subject to hydrolysis) is 1. The molecule has 124 valence electrons. The standard InChI is InChI=1S/C16H23N5O2/c1-2-17-16(22)23-11-13-5-3-4-8-21(13)10-12-9-20-15-14(12)18-6-7-19-15/h6-7,9,13H,2-5,8,10-11H2,1H3,(H,17,22)(H,19,20). The zero-order chi connectivity index (χ0) is 16.1. The minimum atomic E-state index is -0.337. The Morgan fingerprint density at radius 2 is 2.30 bits per heavy atom. The van der Waals surface area contributed by atoms with E-state index in [1.165, 1.54) is 12.8 Å². The number of carbonyl (C=O) groups excluding carboxylic acids is 1. The highest BCUT2D eigenvalue weighted by atomic mass is 16.5. The van der Waals surface area contributed by atoms with Gasteiger partial charge in [-0.25, -0.2) is 9.78 Å². The number of piperidine rings is 1. The van der Waals surface area contributed by atoms with E-state index in [1.807, 2.05) is 13.1 Å². The van der Waals surface area contributed by atoms with Gasteiger partial charge in [0, 0.05) is 43.3 Å². The average Bonchev–Trinajstić information content (AvgIpc) is 2.98. The Morgan fingerprint density at radius 1 is 1.43 bits per heavy atom. The van der Waals surface area contributed by atoms with E-state index in [-0.39, 0.29) is 12.1 Å². The Kier molecular flexibility index (Phi) is 5.07. The van der Waals surface area contributed by atoms with Gasteiger partial charge in [0.1, 0.15) is 12.1 Å². The van der Waals surface area contributed by atoms with Crippen LogP contribution in [0.4, 0.5) is 4.79 Å². The Balaban J connectivity index is 1.65. The first-order valence-electron chi connectivity index (χ1n) is 8.19. The van der Waals surface area contributed by atoms with Gasteiger partial charge in [0.25, 0.3) is 0 Å². The monoisotopic (exact) mass is 317 g/mol. The molecule has 1 aliphatic heterocycles. The topological polar surface area (TPSA) is 83.1 Å². The highest BCUT2D eigenvalue weighted by molar-refractivity contribution is 5.74. The summed E-state index contributed by atoms with van der Waals surface area (Å²) in [5, 5.41) is 2.67. The summed E-state index contributed by atoms with van der Waals surface area (Å²) in [6, 6.07) is 0.257. The molecule has 0 aromatic carbocycles. The Labute approximate surface area is 135 Å². The molecule has 0 bridgehead atoms. The van der Waals surface area contributed by atoms with Gasteiger partial charge in [0.05, 0.1) is 0 Å². The lowest BCUT2D eigenvalue weighted by Crippen LogP contribution is -2.43. The number of aromatic amines is 1. The molecule has 1 atom stereocenters. The number of carbonyl (C=O) groups is 1. The number of aromatic nitrogens is 3. The van der Waals surface area contributed by atoms with Crippen molar-refractivity contribution in [3.8, 4) is 0 Å². The molecule has 0 radical (unpaired) electrons. The Morgan fingerprint density at radius 3 is 3.17 bits per heavy atom. The molecule has 0 aliphatic carbocycles. The number of rotatable bonds is 5. The predicted molar refractivity (Wildman–Crippen MR) is 87.0 cm³/mol. The summed E-state index contributed by atoms with van der Waals surface area (Å²) in [5.74, 6) is 0. The van der Waals surface area contributed by atoms with E-state index in [0.717, 1.165) is 36.2 Å². The third-order valence-electron chi connectivity index (χ3n) is 4.24. The zero-order valence-corrected chi connectivity index (χ0v) is 13.4. The van der Waals surface area contributed by atoms with Crippen LogP contribution in [0.2, 0.25) is 0 Å². The molecule has 1 fully saturated rings. The molecule has 3 heterocycles. The van der Waals surface area contributed by atoms with Gasteiger partial charge in [0.15, 0.2) is 5.65 Å². The van der Waals surface area contributed by atoms with Crippen molar-refractivity contribution in [3.05, 3.63) is 24.2 Å². The molecule has 1 saturated heterocycles. The van der Waals surface area contributed by atoms with Gasteiger partial charge in [0.2, 0.25) is 0 Å². The summed E-state index contributed by atoms with van der Waals surface area (Å²) < 4.78 is 5.33. The largest absolute Gasteiger partial charge is 0.448 e. The van der Waals surface area contributed by atoms with E-state index in [0.29, 0.717) is 13.2 Å². The average molecular weight is 317 g/mol. The van der Waals surface area contributed by atoms with E-state index in [9.17, 15) is 4.79 Å². The number of H-pyrrole nitrogens is 1. The van der Waals surface area contributed by atoms with E-state index in [2.05, 4.69) is 25.2 Å². The molecule has 3 rings (SSSR count). The van der Waals surface area contributed by atoms with E-state index < -0.39 is 0 Å². The van der Waals surface area contributed by atoms with Gasteiger partial charge in [-0.1, -0.05) is 6.42 Å². The second-order valence-corrected chi connectivity index (χ2v) is 5.82. The normalized spacial score (nSPS) is 18.9. The molecular formula is C16H23N5O2. The van der Waals surface area contributed by atoms with Crippen molar-refractivity contribution < 1.29 is 9.53 Å². The SMILES string of the molecule is CCNC(=O)OCC1CCCCN1Cc1c[nH]c2nccnc12. The molecule has 1 unspecified atom stereocenters. The van der Waals surface area contributed by atoms with Gasteiger partial charge in [-0.05, 0) is 26.3 Å². The molecule has 7 heteroatoms. The maximum absolute atomic E-state index is 11.5. The maximum atomic E-state index is 11.5. The van der Waals surface area contributed by atoms with Gasteiger partial charge in [-0.3, -0.25) is 9.88 Å². The number of fused-ring (bicyclic) bond motifs is 1. The van der Waals surface area contributed by atoms with Gasteiger partial charge >= 0.3 is 6.09 Å². The quantitative estimate of drug-likeness (QED) is 0.882. The van der Waals surface area contributed by atoms with Crippen LogP contribution in [0.1, 0.15) is 31.7 Å². The van der Waals surface area contributed by atoms with E-state index >= 15 is 0 Å². The fraction of sp³-hybridized carbons (Fsp3) is 0.562. The Hall–Kier alpha value is -2.15. The summed E-state index contributed by atoms with van der Waals surface area (Å²) in [6.45, 7) is 4.70. The lowest BCUT2D eigenvalue weighted by molar-refractivity contribution is 0.0644. The Bertz CT molecular complexity index is 657. The number of nitrogens with zero attached hydrogens (tertiary/aromatic N) is 3. The van der Waals surface area contributed by atoms with Crippen LogP contribution >= 0.6 is 0 Å². The first kappa shape index (κ1) is 15.7. The molecule has 2 aromatic rings. The summed E-state index contributed by atoms with van der Waals surface area (Å²) in [5.41, 5.74) is 2.87. The first-order valence-corrected chi connectivity index (χ1v) is 8.19. The zero-order valence-electron chi connectivity index (χ0n) is 13.4. The molecular weight excluding hydrogens is 294 g/mol. The van der Waals surface area contributed by atoms with Crippen LogP contribution in [0.3, 0.4) is 0 Å².